The van der Waals surface area contributed by atoms with Gasteiger partial charge in [-0.15, -0.1) is 0 Å². The molecule has 0 amide bonds. The van der Waals surface area contributed by atoms with Crippen LogP contribution in [0.5, 0.6) is 0 Å². The predicted molar refractivity (Wildman–Crippen MR) is 80.3 cm³/mol. The van der Waals surface area contributed by atoms with Crippen molar-refractivity contribution in [2.75, 3.05) is 0 Å². The molecular formula is C16H18ClN2O2-. The summed E-state index contributed by atoms with van der Waals surface area (Å²) >= 11 is 6.02. The molecule has 0 fully saturated rings. The van der Waals surface area contributed by atoms with E-state index in [0.717, 1.165) is 22.5 Å². The molecule has 0 aliphatic rings. The Bertz CT molecular complexity index is 662. The number of nitrogens with zero attached hydrogens (tertiary/aromatic N) is 2. The summed E-state index contributed by atoms with van der Waals surface area (Å²) in [5.41, 5.74) is 3.94. The fraction of sp³-hybridized carbons (Fsp3) is 0.375. The molecule has 0 aliphatic carbocycles. The molecule has 21 heavy (non-hydrogen) atoms. The number of aromatic nitrogens is 2. The highest BCUT2D eigenvalue weighted by atomic mass is 35.5. The van der Waals surface area contributed by atoms with E-state index in [2.05, 4.69) is 5.10 Å². The molecule has 1 aromatic heterocycles. The zero-order valence-corrected chi connectivity index (χ0v) is 13.1. The first-order chi connectivity index (χ1) is 9.88. The molecule has 0 bridgehead atoms. The van der Waals surface area contributed by atoms with Crippen molar-refractivity contribution in [3.8, 4) is 0 Å². The lowest BCUT2D eigenvalue weighted by Gasteiger charge is -2.07. The van der Waals surface area contributed by atoms with E-state index >= 15 is 0 Å². The largest absolute Gasteiger partial charge is 0.548 e. The number of carboxylic acid groups (broad SMARTS) is 1. The lowest BCUT2D eigenvalue weighted by Crippen LogP contribution is -2.28. The molecule has 4 nitrogen and oxygen atoms in total. The van der Waals surface area contributed by atoms with E-state index in [-0.39, 0.29) is 12.5 Å². The number of halogens is 1. The lowest BCUT2D eigenvalue weighted by molar-refractivity contribution is -0.306. The second-order valence-corrected chi connectivity index (χ2v) is 5.88. The Morgan fingerprint density at radius 1 is 1.43 bits per heavy atom. The third kappa shape index (κ3) is 3.64. The van der Waals surface area contributed by atoms with Gasteiger partial charge in [0.15, 0.2) is 0 Å². The number of benzene rings is 1. The van der Waals surface area contributed by atoms with Crippen molar-refractivity contribution in [3.05, 3.63) is 51.8 Å². The number of carbonyl (C=O) groups excluding carboxylic acids is 1. The molecule has 112 valence electrons. The zero-order valence-electron chi connectivity index (χ0n) is 12.4. The van der Waals surface area contributed by atoms with E-state index in [1.165, 1.54) is 4.68 Å². The van der Waals surface area contributed by atoms with Gasteiger partial charge in [-0.3, -0.25) is 4.68 Å². The maximum absolute atomic E-state index is 10.8. The highest BCUT2D eigenvalue weighted by Crippen LogP contribution is 2.25. The van der Waals surface area contributed by atoms with Gasteiger partial charge in [0.05, 0.1) is 18.2 Å². The van der Waals surface area contributed by atoms with E-state index < -0.39 is 5.97 Å². The van der Waals surface area contributed by atoms with Crippen LogP contribution >= 0.6 is 11.6 Å². The molecule has 2 aromatic rings. The van der Waals surface area contributed by atoms with Gasteiger partial charge in [-0.25, -0.2) is 0 Å². The van der Waals surface area contributed by atoms with Gasteiger partial charge in [0.2, 0.25) is 0 Å². The van der Waals surface area contributed by atoms with Crippen molar-refractivity contribution in [2.24, 2.45) is 0 Å². The molecule has 0 radical (unpaired) electrons. The summed E-state index contributed by atoms with van der Waals surface area (Å²) in [7, 11) is 0. The lowest BCUT2D eigenvalue weighted by atomic mass is 9.98. The van der Waals surface area contributed by atoms with E-state index in [0.29, 0.717) is 11.4 Å². The van der Waals surface area contributed by atoms with Gasteiger partial charge in [-0.2, -0.15) is 5.10 Å². The first-order valence-corrected chi connectivity index (χ1v) is 7.26. The normalized spacial score (nSPS) is 11.1. The maximum atomic E-state index is 10.8. The van der Waals surface area contributed by atoms with Gasteiger partial charge in [0.1, 0.15) is 0 Å². The van der Waals surface area contributed by atoms with Crippen molar-refractivity contribution in [3.63, 3.8) is 0 Å². The molecule has 0 aliphatic heterocycles. The second kappa shape index (κ2) is 6.31. The highest BCUT2D eigenvalue weighted by Gasteiger charge is 2.17. The smallest absolute Gasteiger partial charge is 0.0807 e. The first-order valence-electron chi connectivity index (χ1n) is 6.89. The number of rotatable bonds is 5. The topological polar surface area (TPSA) is 58.0 Å². The Morgan fingerprint density at radius 2 is 2.14 bits per heavy atom. The van der Waals surface area contributed by atoms with Crippen LogP contribution in [0.15, 0.2) is 24.3 Å². The summed E-state index contributed by atoms with van der Waals surface area (Å²) in [6, 6.07) is 7.67. The Labute approximate surface area is 129 Å². The SMILES string of the molecule is Cc1c(Cc2cccc(Cl)c2)c(C(C)C)nn1CC(=O)[O-]. The summed E-state index contributed by atoms with van der Waals surface area (Å²) < 4.78 is 1.50. The Morgan fingerprint density at radius 3 is 2.71 bits per heavy atom. The number of aliphatic carboxylic acids is 1. The predicted octanol–water partition coefficient (Wildman–Crippen LogP) is 2.31. The van der Waals surface area contributed by atoms with Crippen molar-refractivity contribution < 1.29 is 9.90 Å². The summed E-state index contributed by atoms with van der Waals surface area (Å²) in [4.78, 5) is 10.8. The van der Waals surface area contributed by atoms with Crippen LogP contribution in [0, 0.1) is 6.92 Å². The summed E-state index contributed by atoms with van der Waals surface area (Å²) in [6.07, 6.45) is 0.687. The first kappa shape index (κ1) is 15.6. The van der Waals surface area contributed by atoms with Gasteiger partial charge in [-0.1, -0.05) is 37.6 Å². The van der Waals surface area contributed by atoms with Crippen LogP contribution in [-0.4, -0.2) is 15.7 Å². The number of hydrogen-bond acceptors (Lipinski definition) is 3. The monoisotopic (exact) mass is 305 g/mol. The van der Waals surface area contributed by atoms with E-state index in [1.807, 2.05) is 45.0 Å². The molecule has 0 saturated carbocycles. The van der Waals surface area contributed by atoms with Crippen molar-refractivity contribution in [1.82, 2.24) is 9.78 Å². The summed E-state index contributed by atoms with van der Waals surface area (Å²) in [6.45, 7) is 5.77. The Balaban J connectivity index is 2.41. The maximum Gasteiger partial charge on any atom is 0.0807 e. The second-order valence-electron chi connectivity index (χ2n) is 5.44. The molecule has 2 rings (SSSR count). The van der Waals surface area contributed by atoms with Gasteiger partial charge in [0.25, 0.3) is 0 Å². The molecule has 0 atom stereocenters. The van der Waals surface area contributed by atoms with Gasteiger partial charge in [-0.05, 0) is 30.5 Å². The number of carbonyl (C=O) groups is 1. The molecule has 0 unspecified atom stereocenters. The molecule has 1 aromatic carbocycles. The van der Waals surface area contributed by atoms with Crippen LogP contribution in [-0.2, 0) is 17.8 Å². The minimum atomic E-state index is -1.13. The quantitative estimate of drug-likeness (QED) is 0.851. The standard InChI is InChI=1S/C16H19ClN2O2/c1-10(2)16-14(8-12-5-4-6-13(17)7-12)11(3)19(18-16)9-15(20)21/h4-7,10H,8-9H2,1-3H3,(H,20,21)/p-1. The molecule has 0 N–H and O–H groups in total. The third-order valence-electron chi connectivity index (χ3n) is 3.46. The minimum absolute atomic E-state index is 0.221. The fourth-order valence-corrected chi connectivity index (χ4v) is 2.63. The van der Waals surface area contributed by atoms with Crippen LogP contribution < -0.4 is 5.11 Å². The average molecular weight is 306 g/mol. The van der Waals surface area contributed by atoms with Crippen molar-refractivity contribution in [2.45, 2.75) is 39.7 Å². The van der Waals surface area contributed by atoms with Gasteiger partial charge in [0, 0.05) is 22.7 Å². The van der Waals surface area contributed by atoms with Crippen LogP contribution in [0.4, 0.5) is 0 Å². The van der Waals surface area contributed by atoms with E-state index in [9.17, 15) is 9.90 Å². The molecule has 0 saturated heterocycles. The highest BCUT2D eigenvalue weighted by molar-refractivity contribution is 6.30. The average Bonchev–Trinajstić information content (AvgIpc) is 2.67. The zero-order chi connectivity index (χ0) is 15.6. The third-order valence-corrected chi connectivity index (χ3v) is 3.69. The minimum Gasteiger partial charge on any atom is -0.548 e. The Hall–Kier alpha value is -1.81. The van der Waals surface area contributed by atoms with Gasteiger partial charge >= 0.3 is 0 Å². The van der Waals surface area contributed by atoms with Crippen LogP contribution in [0.1, 0.15) is 42.3 Å². The van der Waals surface area contributed by atoms with Crippen molar-refractivity contribution >= 4 is 17.6 Å². The van der Waals surface area contributed by atoms with Crippen LogP contribution in [0.3, 0.4) is 0 Å². The van der Waals surface area contributed by atoms with Crippen molar-refractivity contribution in [1.29, 1.82) is 0 Å². The van der Waals surface area contributed by atoms with Gasteiger partial charge < -0.3 is 9.90 Å². The molecule has 5 heteroatoms. The fourth-order valence-electron chi connectivity index (χ4n) is 2.42. The summed E-state index contributed by atoms with van der Waals surface area (Å²) in [5.74, 6) is -0.911. The van der Waals surface area contributed by atoms with Crippen LogP contribution in [0.2, 0.25) is 5.02 Å². The van der Waals surface area contributed by atoms with E-state index in [4.69, 9.17) is 11.6 Å². The molecular weight excluding hydrogens is 288 g/mol. The Kier molecular flexibility index (Phi) is 4.68. The summed E-state index contributed by atoms with van der Waals surface area (Å²) in [5, 5.41) is 15.9. The molecule has 1 heterocycles. The molecule has 0 spiro atoms. The van der Waals surface area contributed by atoms with Crippen LogP contribution in [0.25, 0.3) is 0 Å². The number of hydrogen-bond donors (Lipinski definition) is 0. The number of carboxylic acids is 1. The van der Waals surface area contributed by atoms with E-state index in [1.54, 1.807) is 0 Å².